The third-order valence-electron chi connectivity index (χ3n) is 4.60. The highest BCUT2D eigenvalue weighted by atomic mass is 32.2. The number of rotatable bonds is 5. The molecular formula is C15H28N2O3S. The smallest absolute Gasteiger partial charge is 0.317 e. The summed E-state index contributed by atoms with van der Waals surface area (Å²) in [6.07, 6.45) is 8.24. The molecule has 1 saturated heterocycles. The van der Waals surface area contributed by atoms with Gasteiger partial charge in [0.2, 0.25) is 0 Å². The number of sulfone groups is 1. The predicted molar refractivity (Wildman–Crippen MR) is 84.1 cm³/mol. The molecule has 0 bridgehead atoms. The van der Waals surface area contributed by atoms with Crippen LogP contribution in [0.25, 0.3) is 0 Å². The monoisotopic (exact) mass is 316 g/mol. The Bertz CT molecular complexity index is 444. The van der Waals surface area contributed by atoms with Crippen molar-refractivity contribution >= 4 is 15.9 Å². The number of carbonyl (C=O) groups excluding carboxylic acids is 1. The van der Waals surface area contributed by atoms with Crippen molar-refractivity contribution in [1.29, 1.82) is 0 Å². The average molecular weight is 316 g/mol. The number of carbonyl (C=O) groups is 1. The van der Waals surface area contributed by atoms with Gasteiger partial charge in [-0.05, 0) is 25.7 Å². The molecule has 21 heavy (non-hydrogen) atoms. The Balaban J connectivity index is 1.95. The molecule has 0 aromatic carbocycles. The van der Waals surface area contributed by atoms with E-state index in [1.807, 2.05) is 0 Å². The van der Waals surface area contributed by atoms with Gasteiger partial charge >= 0.3 is 6.03 Å². The lowest BCUT2D eigenvalue weighted by molar-refractivity contribution is 0.172. The minimum Gasteiger partial charge on any atom is -0.335 e. The number of unbranched alkanes of at least 4 members (excludes halogenated alkanes) is 1. The molecule has 0 radical (unpaired) electrons. The minimum absolute atomic E-state index is 0.0579. The van der Waals surface area contributed by atoms with E-state index in [1.165, 1.54) is 19.3 Å². The normalized spacial score (nSPS) is 25.7. The van der Waals surface area contributed by atoms with Crippen molar-refractivity contribution < 1.29 is 13.2 Å². The van der Waals surface area contributed by atoms with Crippen LogP contribution < -0.4 is 5.32 Å². The van der Waals surface area contributed by atoms with Gasteiger partial charge in [-0.2, -0.15) is 0 Å². The van der Waals surface area contributed by atoms with Crippen LogP contribution in [-0.4, -0.2) is 49.5 Å². The van der Waals surface area contributed by atoms with E-state index in [2.05, 4.69) is 12.2 Å². The highest BCUT2D eigenvalue weighted by Crippen LogP contribution is 2.21. The summed E-state index contributed by atoms with van der Waals surface area (Å²) < 4.78 is 23.3. The number of nitrogens with one attached hydrogen (secondary N) is 1. The molecule has 1 saturated carbocycles. The summed E-state index contributed by atoms with van der Waals surface area (Å²) in [5.41, 5.74) is 0. The molecule has 2 aliphatic rings. The maximum absolute atomic E-state index is 12.5. The zero-order valence-corrected chi connectivity index (χ0v) is 13.8. The summed E-state index contributed by atoms with van der Waals surface area (Å²) in [5, 5.41) is 3.12. The van der Waals surface area contributed by atoms with Gasteiger partial charge in [0.1, 0.15) is 0 Å². The van der Waals surface area contributed by atoms with E-state index in [4.69, 9.17) is 0 Å². The van der Waals surface area contributed by atoms with Gasteiger partial charge < -0.3 is 10.2 Å². The van der Waals surface area contributed by atoms with Gasteiger partial charge in [0, 0.05) is 18.6 Å². The van der Waals surface area contributed by atoms with Crippen LogP contribution in [0, 0.1) is 0 Å². The summed E-state index contributed by atoms with van der Waals surface area (Å²) in [5.74, 6) is 0.353. The Morgan fingerprint density at radius 2 is 1.90 bits per heavy atom. The molecule has 1 N–H and O–H groups in total. The van der Waals surface area contributed by atoms with E-state index < -0.39 is 9.84 Å². The first-order valence-electron chi connectivity index (χ1n) is 8.29. The fourth-order valence-corrected chi connectivity index (χ4v) is 5.03. The van der Waals surface area contributed by atoms with E-state index in [0.717, 1.165) is 25.7 Å². The highest BCUT2D eigenvalue weighted by molar-refractivity contribution is 7.91. The van der Waals surface area contributed by atoms with Crippen LogP contribution in [-0.2, 0) is 9.84 Å². The molecule has 1 heterocycles. The molecule has 122 valence electrons. The summed E-state index contributed by atoms with van der Waals surface area (Å²) in [4.78, 5) is 14.3. The van der Waals surface area contributed by atoms with Crippen LogP contribution in [0.2, 0.25) is 0 Å². The Morgan fingerprint density at radius 1 is 1.19 bits per heavy atom. The van der Waals surface area contributed by atoms with E-state index in [1.54, 1.807) is 4.90 Å². The number of nitrogens with zero attached hydrogens (tertiary/aromatic N) is 1. The molecule has 0 aromatic heterocycles. The Kier molecular flexibility index (Phi) is 5.90. The molecular weight excluding hydrogens is 288 g/mol. The Hall–Kier alpha value is -0.780. The number of hydrogen-bond acceptors (Lipinski definition) is 3. The number of amides is 2. The first kappa shape index (κ1) is 16.6. The van der Waals surface area contributed by atoms with Gasteiger partial charge in [0.05, 0.1) is 11.5 Å². The predicted octanol–water partition coefficient (Wildman–Crippen LogP) is 2.32. The SMILES string of the molecule is CCCCN(C(=O)NC1CCCCC1)[C@H]1CCS(=O)(=O)C1. The van der Waals surface area contributed by atoms with Crippen molar-refractivity contribution in [2.75, 3.05) is 18.1 Å². The van der Waals surface area contributed by atoms with Crippen molar-refractivity contribution in [1.82, 2.24) is 10.2 Å². The third kappa shape index (κ3) is 4.87. The molecule has 1 aliphatic heterocycles. The molecule has 0 unspecified atom stereocenters. The fourth-order valence-electron chi connectivity index (χ4n) is 3.30. The molecule has 2 rings (SSSR count). The van der Waals surface area contributed by atoms with Crippen molar-refractivity contribution in [2.45, 2.75) is 70.4 Å². The number of urea groups is 1. The van der Waals surface area contributed by atoms with Gasteiger partial charge in [-0.15, -0.1) is 0 Å². The van der Waals surface area contributed by atoms with E-state index >= 15 is 0 Å². The minimum atomic E-state index is -2.95. The highest BCUT2D eigenvalue weighted by Gasteiger charge is 2.34. The van der Waals surface area contributed by atoms with Gasteiger partial charge in [-0.3, -0.25) is 0 Å². The summed E-state index contributed by atoms with van der Waals surface area (Å²) >= 11 is 0. The lowest BCUT2D eigenvalue weighted by Gasteiger charge is -2.31. The second-order valence-corrected chi connectivity index (χ2v) is 8.62. The van der Waals surface area contributed by atoms with E-state index in [0.29, 0.717) is 13.0 Å². The zero-order valence-electron chi connectivity index (χ0n) is 13.0. The van der Waals surface area contributed by atoms with Crippen LogP contribution in [0.15, 0.2) is 0 Å². The molecule has 0 aromatic rings. The fraction of sp³-hybridized carbons (Fsp3) is 0.933. The molecule has 5 nitrogen and oxygen atoms in total. The zero-order chi connectivity index (χ0) is 15.3. The molecule has 1 aliphatic carbocycles. The van der Waals surface area contributed by atoms with Gasteiger partial charge in [0.15, 0.2) is 9.84 Å². The van der Waals surface area contributed by atoms with Crippen LogP contribution in [0.1, 0.15) is 58.3 Å². The second-order valence-electron chi connectivity index (χ2n) is 6.39. The second kappa shape index (κ2) is 7.47. The quantitative estimate of drug-likeness (QED) is 0.846. The van der Waals surface area contributed by atoms with Crippen LogP contribution >= 0.6 is 0 Å². The van der Waals surface area contributed by atoms with Gasteiger partial charge in [-0.25, -0.2) is 13.2 Å². The van der Waals surface area contributed by atoms with Crippen molar-refractivity contribution in [3.8, 4) is 0 Å². The summed E-state index contributed by atoms with van der Waals surface area (Å²) in [7, 11) is -2.95. The average Bonchev–Trinajstić information content (AvgIpc) is 2.80. The lowest BCUT2D eigenvalue weighted by Crippen LogP contribution is -2.50. The lowest BCUT2D eigenvalue weighted by atomic mass is 9.96. The largest absolute Gasteiger partial charge is 0.335 e. The topological polar surface area (TPSA) is 66.5 Å². The van der Waals surface area contributed by atoms with Gasteiger partial charge in [0.25, 0.3) is 0 Å². The first-order chi connectivity index (χ1) is 10.0. The van der Waals surface area contributed by atoms with Crippen LogP contribution in [0.3, 0.4) is 0 Å². The maximum atomic E-state index is 12.5. The van der Waals surface area contributed by atoms with Crippen LogP contribution in [0.4, 0.5) is 4.79 Å². The summed E-state index contributed by atoms with van der Waals surface area (Å²) in [6, 6.07) is 0.0796. The molecule has 2 fully saturated rings. The Morgan fingerprint density at radius 3 is 2.48 bits per heavy atom. The van der Waals surface area contributed by atoms with Crippen LogP contribution in [0.5, 0.6) is 0 Å². The Labute approximate surface area is 128 Å². The number of hydrogen-bond donors (Lipinski definition) is 1. The maximum Gasteiger partial charge on any atom is 0.317 e. The summed E-state index contributed by atoms with van der Waals surface area (Å²) in [6.45, 7) is 2.75. The molecule has 2 amide bonds. The van der Waals surface area contributed by atoms with Crippen molar-refractivity contribution in [2.24, 2.45) is 0 Å². The third-order valence-corrected chi connectivity index (χ3v) is 6.35. The van der Waals surface area contributed by atoms with E-state index in [-0.39, 0.29) is 29.6 Å². The van der Waals surface area contributed by atoms with E-state index in [9.17, 15) is 13.2 Å². The molecule has 0 spiro atoms. The van der Waals surface area contributed by atoms with Crippen molar-refractivity contribution in [3.05, 3.63) is 0 Å². The molecule has 6 heteroatoms. The standard InChI is InChI=1S/C15H28N2O3S/c1-2-3-10-17(14-9-11-21(19,20)12-14)15(18)16-13-7-5-4-6-8-13/h13-14H,2-12H2,1H3,(H,16,18)/t14-/m0/s1. The molecule has 1 atom stereocenters. The first-order valence-corrected chi connectivity index (χ1v) is 10.1. The van der Waals surface area contributed by atoms with Crippen molar-refractivity contribution in [3.63, 3.8) is 0 Å². The van der Waals surface area contributed by atoms with Gasteiger partial charge in [-0.1, -0.05) is 32.6 Å².